The number of imide groups is 1. The average Bonchev–Trinajstić information content (AvgIpc) is 3.08. The zero-order valence-corrected chi connectivity index (χ0v) is 20.4. The second-order valence-electron chi connectivity index (χ2n) is 7.54. The number of nitrogens with one attached hydrogen (secondary N) is 2. The number of ether oxygens (including phenoxy) is 1. The number of hydrogen-bond donors (Lipinski definition) is 2. The maximum absolute atomic E-state index is 13.0. The van der Waals surface area contributed by atoms with Crippen LogP contribution < -0.4 is 15.4 Å². The van der Waals surface area contributed by atoms with Crippen molar-refractivity contribution in [3.05, 3.63) is 98.9 Å². The molecule has 178 valence electrons. The first-order valence-electron chi connectivity index (χ1n) is 10.4. The Morgan fingerprint density at radius 3 is 2.49 bits per heavy atom. The quantitative estimate of drug-likeness (QED) is 0.302. The summed E-state index contributed by atoms with van der Waals surface area (Å²) in [7, 11) is 0. The van der Waals surface area contributed by atoms with Gasteiger partial charge in [-0.1, -0.05) is 45.7 Å². The zero-order chi connectivity index (χ0) is 24.9. The molecule has 0 aromatic heterocycles. The van der Waals surface area contributed by atoms with E-state index < -0.39 is 23.7 Å². The molecule has 3 aromatic rings. The van der Waals surface area contributed by atoms with E-state index in [0.29, 0.717) is 11.3 Å². The molecule has 0 spiro atoms. The van der Waals surface area contributed by atoms with Crippen LogP contribution in [0.3, 0.4) is 0 Å². The predicted octanol–water partition coefficient (Wildman–Crippen LogP) is 5.35. The van der Waals surface area contributed by atoms with Crippen LogP contribution in [0.2, 0.25) is 5.02 Å². The van der Waals surface area contributed by atoms with E-state index >= 15 is 0 Å². The maximum atomic E-state index is 13.0. The van der Waals surface area contributed by atoms with Gasteiger partial charge in [-0.2, -0.15) is 0 Å². The molecule has 4 amide bonds. The van der Waals surface area contributed by atoms with Gasteiger partial charge in [-0.05, 0) is 65.7 Å². The van der Waals surface area contributed by atoms with E-state index in [-0.39, 0.29) is 29.6 Å². The fourth-order valence-electron chi connectivity index (χ4n) is 3.25. The van der Waals surface area contributed by atoms with Gasteiger partial charge >= 0.3 is 6.03 Å². The molecule has 0 aliphatic carbocycles. The van der Waals surface area contributed by atoms with Gasteiger partial charge in [-0.25, -0.2) is 9.18 Å². The Labute approximate surface area is 213 Å². The number of nitrogens with zero attached hydrogens (tertiary/aromatic N) is 1. The molecule has 1 heterocycles. The fraction of sp³-hybridized carbons (Fsp3) is 0.0800. The lowest BCUT2D eigenvalue weighted by Gasteiger charge is -2.11. The van der Waals surface area contributed by atoms with Crippen LogP contribution in [0.25, 0.3) is 6.08 Å². The van der Waals surface area contributed by atoms with E-state index in [2.05, 4.69) is 26.6 Å². The predicted molar refractivity (Wildman–Crippen MR) is 133 cm³/mol. The highest BCUT2D eigenvalue weighted by molar-refractivity contribution is 9.10. The van der Waals surface area contributed by atoms with Crippen molar-refractivity contribution in [2.24, 2.45) is 0 Å². The van der Waals surface area contributed by atoms with Crippen LogP contribution in [0.4, 0.5) is 14.9 Å². The van der Waals surface area contributed by atoms with Crippen LogP contribution in [0.15, 0.2) is 76.9 Å². The summed E-state index contributed by atoms with van der Waals surface area (Å²) in [5, 5.41) is 5.38. The second-order valence-corrected chi connectivity index (χ2v) is 8.86. The van der Waals surface area contributed by atoms with Gasteiger partial charge in [-0.15, -0.1) is 0 Å². The molecule has 0 saturated carbocycles. The Balaban J connectivity index is 1.37. The lowest BCUT2D eigenvalue weighted by molar-refractivity contribution is -0.123. The minimum absolute atomic E-state index is 0.121. The Morgan fingerprint density at radius 1 is 1.09 bits per heavy atom. The molecule has 3 aromatic carbocycles. The number of amides is 4. The molecule has 0 bridgehead atoms. The molecule has 1 aliphatic heterocycles. The molecule has 1 aliphatic rings. The molecule has 35 heavy (non-hydrogen) atoms. The van der Waals surface area contributed by atoms with Gasteiger partial charge in [0.05, 0.1) is 11.6 Å². The van der Waals surface area contributed by atoms with Crippen molar-refractivity contribution in [2.45, 2.75) is 6.54 Å². The summed E-state index contributed by atoms with van der Waals surface area (Å²) in [4.78, 5) is 38.2. The van der Waals surface area contributed by atoms with Crippen molar-refractivity contribution in [3.63, 3.8) is 0 Å². The van der Waals surface area contributed by atoms with Crippen LogP contribution in [0.1, 0.15) is 11.1 Å². The summed E-state index contributed by atoms with van der Waals surface area (Å²) in [5.41, 5.74) is 1.93. The minimum Gasteiger partial charge on any atom is -0.482 e. The lowest BCUT2D eigenvalue weighted by Crippen LogP contribution is -2.30. The first-order chi connectivity index (χ1) is 16.8. The van der Waals surface area contributed by atoms with Crippen molar-refractivity contribution < 1.29 is 23.5 Å². The topological polar surface area (TPSA) is 87.7 Å². The van der Waals surface area contributed by atoms with Crippen molar-refractivity contribution in [1.82, 2.24) is 10.2 Å². The molecule has 1 saturated heterocycles. The fourth-order valence-corrected chi connectivity index (χ4v) is 3.76. The monoisotopic (exact) mass is 557 g/mol. The zero-order valence-electron chi connectivity index (χ0n) is 18.1. The highest BCUT2D eigenvalue weighted by Gasteiger charge is 2.33. The van der Waals surface area contributed by atoms with E-state index in [1.165, 1.54) is 30.3 Å². The minimum atomic E-state index is -0.512. The van der Waals surface area contributed by atoms with Gasteiger partial charge < -0.3 is 15.4 Å². The summed E-state index contributed by atoms with van der Waals surface area (Å²) in [6.07, 6.45) is 1.51. The summed E-state index contributed by atoms with van der Waals surface area (Å²) < 4.78 is 19.3. The highest BCUT2D eigenvalue weighted by atomic mass is 79.9. The Hall–Kier alpha value is -3.69. The largest absolute Gasteiger partial charge is 0.482 e. The molecule has 0 unspecified atom stereocenters. The Morgan fingerprint density at radius 2 is 1.80 bits per heavy atom. The Bertz CT molecular complexity index is 1310. The van der Waals surface area contributed by atoms with Crippen LogP contribution in [0.5, 0.6) is 5.75 Å². The molecule has 2 N–H and O–H groups in total. The number of hydrogen-bond acceptors (Lipinski definition) is 4. The van der Waals surface area contributed by atoms with E-state index in [1.807, 2.05) is 24.3 Å². The first kappa shape index (κ1) is 24.4. The molecule has 0 radical (unpaired) electrons. The van der Waals surface area contributed by atoms with Crippen LogP contribution in [-0.2, 0) is 16.1 Å². The highest BCUT2D eigenvalue weighted by Crippen LogP contribution is 2.27. The normalized spacial score (nSPS) is 14.3. The molecule has 10 heteroatoms. The van der Waals surface area contributed by atoms with Crippen molar-refractivity contribution in [2.75, 3.05) is 11.9 Å². The van der Waals surface area contributed by atoms with Crippen molar-refractivity contribution >= 4 is 57.1 Å². The van der Waals surface area contributed by atoms with Gasteiger partial charge in [0.25, 0.3) is 11.8 Å². The van der Waals surface area contributed by atoms with E-state index in [4.69, 9.17) is 16.3 Å². The third kappa shape index (κ3) is 6.26. The smallest absolute Gasteiger partial charge is 0.329 e. The number of carbonyl (C=O) groups is 3. The van der Waals surface area contributed by atoms with E-state index in [9.17, 15) is 18.8 Å². The van der Waals surface area contributed by atoms with Crippen LogP contribution in [-0.4, -0.2) is 29.4 Å². The Kier molecular flexibility index (Phi) is 7.48. The van der Waals surface area contributed by atoms with Crippen molar-refractivity contribution in [1.29, 1.82) is 0 Å². The van der Waals surface area contributed by atoms with Crippen LogP contribution in [0, 0.1) is 5.82 Å². The second kappa shape index (κ2) is 10.7. The maximum Gasteiger partial charge on any atom is 0.329 e. The molecule has 1 fully saturated rings. The number of carbonyl (C=O) groups excluding carboxylic acids is 3. The third-order valence-corrected chi connectivity index (χ3v) is 5.79. The van der Waals surface area contributed by atoms with Gasteiger partial charge in [-0.3, -0.25) is 14.5 Å². The summed E-state index contributed by atoms with van der Waals surface area (Å²) in [6, 6.07) is 16.9. The summed E-state index contributed by atoms with van der Waals surface area (Å²) in [6.45, 7) is -0.167. The van der Waals surface area contributed by atoms with Gasteiger partial charge in [0.2, 0.25) is 0 Å². The molecule has 4 rings (SSSR count). The van der Waals surface area contributed by atoms with E-state index in [1.54, 1.807) is 18.2 Å². The number of benzene rings is 3. The number of anilines is 1. The SMILES string of the molecule is O=C(COc1ccc(/C=C2/NC(=O)N(Cc3ccc(Br)cc3)C2=O)cc1Cl)Nc1ccc(F)cc1. The number of urea groups is 1. The van der Waals surface area contributed by atoms with Crippen molar-refractivity contribution in [3.8, 4) is 5.75 Å². The van der Waals surface area contributed by atoms with Gasteiger partial charge in [0, 0.05) is 10.2 Å². The molecule has 7 nitrogen and oxygen atoms in total. The molecular weight excluding hydrogens is 541 g/mol. The lowest BCUT2D eigenvalue weighted by atomic mass is 10.1. The summed E-state index contributed by atoms with van der Waals surface area (Å²) >= 11 is 9.63. The standard InChI is InChI=1S/C25H18BrClFN3O4/c26-17-4-1-15(2-5-17)13-31-24(33)21(30-25(31)34)12-16-3-10-22(20(27)11-16)35-14-23(32)29-19-8-6-18(28)7-9-19/h1-12H,13-14H2,(H,29,32)(H,30,34)/b21-12+. The average molecular weight is 559 g/mol. The molecular formula is C25H18BrClFN3O4. The number of rotatable bonds is 7. The number of halogens is 3. The first-order valence-corrected chi connectivity index (χ1v) is 11.5. The van der Waals surface area contributed by atoms with E-state index in [0.717, 1.165) is 14.9 Å². The van der Waals surface area contributed by atoms with Gasteiger partial charge in [0.15, 0.2) is 6.61 Å². The molecule has 0 atom stereocenters. The van der Waals surface area contributed by atoms with Crippen LogP contribution >= 0.6 is 27.5 Å². The summed E-state index contributed by atoms with van der Waals surface area (Å²) in [5.74, 6) is -1.03. The van der Waals surface area contributed by atoms with Gasteiger partial charge in [0.1, 0.15) is 17.3 Å². The third-order valence-electron chi connectivity index (χ3n) is 4.97.